The number of nitrogens with one attached hydrogen (secondary N) is 2. The van der Waals surface area contributed by atoms with Gasteiger partial charge in [0.25, 0.3) is 11.8 Å². The number of halogens is 4. The van der Waals surface area contributed by atoms with Crippen molar-refractivity contribution in [2.45, 2.75) is 56.2 Å². The third kappa shape index (κ3) is 6.47. The first-order valence-corrected chi connectivity index (χ1v) is 12.7. The highest BCUT2D eigenvalue weighted by atomic mass is 35.5. The first kappa shape index (κ1) is 27.9. The van der Waals surface area contributed by atoms with E-state index in [1.807, 2.05) is 0 Å². The fraction of sp³-hybridized carbons (Fsp3) is 0.423. The predicted octanol–water partition coefficient (Wildman–Crippen LogP) is 4.35. The number of hydrogen-bond donors (Lipinski definition) is 2. The molecule has 0 aliphatic heterocycles. The number of ether oxygens (including phenoxy) is 3. The minimum atomic E-state index is -0.832. The number of amides is 2. The second-order valence-corrected chi connectivity index (χ2v) is 10.4. The molecule has 8 nitrogen and oxygen atoms in total. The molecule has 0 spiro atoms. The molecule has 0 saturated heterocycles. The van der Waals surface area contributed by atoms with Crippen molar-refractivity contribution in [2.24, 2.45) is 0 Å². The van der Waals surface area contributed by atoms with Crippen LogP contribution in [0.3, 0.4) is 0 Å². The summed E-state index contributed by atoms with van der Waals surface area (Å²) < 4.78 is 43.6. The van der Waals surface area contributed by atoms with Crippen molar-refractivity contribution in [3.8, 4) is 11.5 Å². The number of fused-ring (bicyclic) bond motifs is 3. The van der Waals surface area contributed by atoms with Crippen LogP contribution >= 0.6 is 23.2 Å². The molecule has 2 aromatic carbocycles. The molecule has 12 heteroatoms. The van der Waals surface area contributed by atoms with Crippen molar-refractivity contribution in [1.82, 2.24) is 10.6 Å². The van der Waals surface area contributed by atoms with E-state index < -0.39 is 46.6 Å². The second-order valence-electron chi connectivity index (χ2n) is 9.56. The van der Waals surface area contributed by atoms with Gasteiger partial charge in [0.1, 0.15) is 29.2 Å². The van der Waals surface area contributed by atoms with E-state index in [4.69, 9.17) is 37.4 Å². The predicted molar refractivity (Wildman–Crippen MR) is 134 cm³/mol. The summed E-state index contributed by atoms with van der Waals surface area (Å²) in [6.07, 6.45) is 1.53. The summed E-state index contributed by atoms with van der Waals surface area (Å²) in [5.41, 5.74) is -1.49. The van der Waals surface area contributed by atoms with Gasteiger partial charge in [0.2, 0.25) is 0 Å². The quantitative estimate of drug-likeness (QED) is 0.434. The molecule has 1 unspecified atom stereocenters. The highest BCUT2D eigenvalue weighted by molar-refractivity contribution is 6.31. The standard InChI is InChI=1S/C26H26Cl2F2N2O6/c1-15(33)38-22-12-25(31-23(34)13-36-16-2-4-18(27)20(29)10-16)6-8-26(22,9-7-25)32-24(35)14-37-17-3-5-19(28)21(30)11-17/h2-5,10-11,22H,6-9,12-14H2,1H3,(H,31,34)(H,32,35). The van der Waals surface area contributed by atoms with E-state index >= 15 is 0 Å². The van der Waals surface area contributed by atoms with Crippen LogP contribution in [0.2, 0.25) is 10.0 Å². The zero-order chi connectivity index (χ0) is 27.5. The SMILES string of the molecule is CC(=O)OC1CC2(NC(=O)COc3ccc(Cl)c(F)c3)CCC1(NC(=O)COc1ccc(Cl)c(F)c1)CC2. The highest BCUT2D eigenvalue weighted by Gasteiger charge is 2.57. The molecule has 38 heavy (non-hydrogen) atoms. The third-order valence-corrected chi connectivity index (χ3v) is 7.53. The lowest BCUT2D eigenvalue weighted by atomic mass is 9.59. The van der Waals surface area contributed by atoms with Crippen LogP contribution in [-0.2, 0) is 19.1 Å². The molecule has 1 atom stereocenters. The van der Waals surface area contributed by atoms with Gasteiger partial charge >= 0.3 is 5.97 Å². The topological polar surface area (TPSA) is 103 Å². The Morgan fingerprint density at radius 3 is 1.84 bits per heavy atom. The molecule has 3 saturated carbocycles. The first-order valence-electron chi connectivity index (χ1n) is 11.9. The van der Waals surface area contributed by atoms with Gasteiger partial charge in [-0.3, -0.25) is 14.4 Å². The van der Waals surface area contributed by atoms with Gasteiger partial charge in [-0.15, -0.1) is 0 Å². The third-order valence-electron chi connectivity index (χ3n) is 6.91. The zero-order valence-electron chi connectivity index (χ0n) is 20.5. The number of benzene rings is 2. The summed E-state index contributed by atoms with van der Waals surface area (Å²) in [6.45, 7) is 0.562. The molecular formula is C26H26Cl2F2N2O6. The summed E-state index contributed by atoms with van der Waals surface area (Å²) in [5, 5.41) is 5.83. The van der Waals surface area contributed by atoms with Gasteiger partial charge in [-0.1, -0.05) is 23.2 Å². The molecule has 0 radical (unpaired) electrons. The normalized spacial score (nSPS) is 23.9. The molecule has 2 bridgehead atoms. The van der Waals surface area contributed by atoms with E-state index in [9.17, 15) is 23.2 Å². The zero-order valence-corrected chi connectivity index (χ0v) is 22.0. The van der Waals surface area contributed by atoms with Crippen molar-refractivity contribution in [1.29, 1.82) is 0 Å². The molecule has 0 heterocycles. The number of carbonyl (C=O) groups is 3. The van der Waals surface area contributed by atoms with Crippen LogP contribution in [0, 0.1) is 11.6 Å². The molecule has 2 aromatic rings. The van der Waals surface area contributed by atoms with E-state index in [-0.39, 0.29) is 41.2 Å². The molecular weight excluding hydrogens is 545 g/mol. The maximum atomic E-state index is 13.6. The smallest absolute Gasteiger partial charge is 0.302 e. The Morgan fingerprint density at radius 1 is 0.868 bits per heavy atom. The summed E-state index contributed by atoms with van der Waals surface area (Å²) in [6, 6.07) is 7.75. The van der Waals surface area contributed by atoms with E-state index in [0.717, 1.165) is 12.1 Å². The van der Waals surface area contributed by atoms with E-state index in [2.05, 4.69) is 10.6 Å². The van der Waals surface area contributed by atoms with Crippen LogP contribution in [-0.4, -0.2) is 48.2 Å². The minimum Gasteiger partial charge on any atom is -0.484 e. The summed E-state index contributed by atoms with van der Waals surface area (Å²) in [5.74, 6) is -2.40. The molecule has 204 valence electrons. The maximum absolute atomic E-state index is 13.6. The lowest BCUT2D eigenvalue weighted by molar-refractivity contribution is -0.164. The number of hydrogen-bond acceptors (Lipinski definition) is 6. The number of carbonyl (C=O) groups excluding carboxylic acids is 3. The minimum absolute atomic E-state index is 0.0531. The van der Waals surface area contributed by atoms with Gasteiger partial charge in [-0.05, 0) is 49.9 Å². The Kier molecular flexibility index (Phi) is 8.32. The molecule has 2 N–H and O–H groups in total. The van der Waals surface area contributed by atoms with Crippen LogP contribution < -0.4 is 20.1 Å². The fourth-order valence-corrected chi connectivity index (χ4v) is 5.30. The van der Waals surface area contributed by atoms with Gasteiger partial charge in [-0.25, -0.2) is 8.78 Å². The van der Waals surface area contributed by atoms with Crippen molar-refractivity contribution in [3.05, 3.63) is 58.1 Å². The van der Waals surface area contributed by atoms with E-state index in [0.29, 0.717) is 25.7 Å². The Hall–Kier alpha value is -3.11. The summed E-state index contributed by atoms with van der Waals surface area (Å²) in [7, 11) is 0. The molecule has 3 aliphatic carbocycles. The van der Waals surface area contributed by atoms with Crippen LogP contribution in [0.1, 0.15) is 39.0 Å². The molecule has 0 aromatic heterocycles. The van der Waals surface area contributed by atoms with Gasteiger partial charge in [-0.2, -0.15) is 0 Å². The van der Waals surface area contributed by atoms with Gasteiger partial charge in [0, 0.05) is 31.0 Å². The molecule has 5 rings (SSSR count). The molecule has 3 aliphatic rings. The van der Waals surface area contributed by atoms with Crippen molar-refractivity contribution in [2.75, 3.05) is 13.2 Å². The number of esters is 1. The van der Waals surface area contributed by atoms with Gasteiger partial charge < -0.3 is 24.8 Å². The van der Waals surface area contributed by atoms with Crippen molar-refractivity contribution in [3.63, 3.8) is 0 Å². The monoisotopic (exact) mass is 570 g/mol. The van der Waals surface area contributed by atoms with Crippen LogP contribution in [0.15, 0.2) is 36.4 Å². The Morgan fingerprint density at radius 2 is 1.37 bits per heavy atom. The summed E-state index contributed by atoms with van der Waals surface area (Å²) >= 11 is 11.3. The number of rotatable bonds is 9. The van der Waals surface area contributed by atoms with Crippen LogP contribution in [0.4, 0.5) is 8.78 Å². The van der Waals surface area contributed by atoms with Gasteiger partial charge in [0.15, 0.2) is 13.2 Å². The fourth-order valence-electron chi connectivity index (χ4n) is 5.06. The maximum Gasteiger partial charge on any atom is 0.302 e. The molecule has 3 fully saturated rings. The molecule has 2 amide bonds. The summed E-state index contributed by atoms with van der Waals surface area (Å²) in [4.78, 5) is 37.3. The average molecular weight is 571 g/mol. The highest BCUT2D eigenvalue weighted by Crippen LogP contribution is 2.48. The van der Waals surface area contributed by atoms with Crippen molar-refractivity contribution >= 4 is 41.0 Å². The first-order chi connectivity index (χ1) is 18.0. The van der Waals surface area contributed by atoms with Crippen molar-refractivity contribution < 1.29 is 37.4 Å². The van der Waals surface area contributed by atoms with Crippen LogP contribution in [0.25, 0.3) is 0 Å². The van der Waals surface area contributed by atoms with E-state index in [1.165, 1.54) is 31.2 Å². The van der Waals surface area contributed by atoms with E-state index in [1.54, 1.807) is 0 Å². The Balaban J connectivity index is 1.36. The largest absolute Gasteiger partial charge is 0.484 e. The lowest BCUT2D eigenvalue weighted by Gasteiger charge is -2.57. The van der Waals surface area contributed by atoms with Crippen LogP contribution in [0.5, 0.6) is 11.5 Å². The lowest BCUT2D eigenvalue weighted by Crippen LogP contribution is -2.71. The van der Waals surface area contributed by atoms with Gasteiger partial charge in [0.05, 0.1) is 15.6 Å². The second kappa shape index (κ2) is 11.3. The Labute approximate surface area is 227 Å². The average Bonchev–Trinajstić information content (AvgIpc) is 2.86. The Bertz CT molecular complexity index is 1240.